The number of aromatic nitrogens is 5. The number of ether oxygens (including phenoxy) is 1. The fraction of sp³-hybridized carbons (Fsp3) is 0.476. The molecule has 1 aliphatic heterocycles. The van der Waals surface area contributed by atoms with Crippen molar-refractivity contribution in [3.05, 3.63) is 30.4 Å². The zero-order chi connectivity index (χ0) is 21.8. The molecule has 0 aliphatic carbocycles. The largest absolute Gasteiger partial charge is 0.375 e. The molecule has 3 aromatic rings. The molecule has 10 heteroatoms. The first-order chi connectivity index (χ1) is 15.0. The van der Waals surface area contributed by atoms with Gasteiger partial charge in [0.25, 0.3) is 0 Å². The minimum Gasteiger partial charge on any atom is -0.375 e. The third-order valence-electron chi connectivity index (χ3n) is 5.10. The second-order valence-corrected chi connectivity index (χ2v) is 7.83. The second-order valence-electron chi connectivity index (χ2n) is 7.83. The number of nitrogens with one attached hydrogen (secondary N) is 3. The Balaban J connectivity index is 1.59. The predicted octanol–water partition coefficient (Wildman–Crippen LogP) is 2.50. The Bertz CT molecular complexity index is 1020. The number of anilines is 4. The maximum Gasteiger partial charge on any atom is 0.229 e. The summed E-state index contributed by atoms with van der Waals surface area (Å²) in [6.45, 7) is 9.87. The molecule has 1 unspecified atom stereocenters. The van der Waals surface area contributed by atoms with Crippen LogP contribution in [0.1, 0.15) is 32.6 Å². The lowest BCUT2D eigenvalue weighted by atomic mass is 10.2. The Kier molecular flexibility index (Phi) is 6.38. The Morgan fingerprint density at radius 2 is 1.84 bits per heavy atom. The van der Waals surface area contributed by atoms with Gasteiger partial charge in [0.1, 0.15) is 11.3 Å². The maximum atomic E-state index is 5.44. The van der Waals surface area contributed by atoms with Gasteiger partial charge < -0.3 is 25.6 Å². The van der Waals surface area contributed by atoms with Crippen molar-refractivity contribution in [2.45, 2.75) is 32.9 Å². The van der Waals surface area contributed by atoms with Crippen molar-refractivity contribution in [3.63, 3.8) is 0 Å². The number of piperazine rings is 1. The van der Waals surface area contributed by atoms with Gasteiger partial charge in [-0.05, 0) is 26.8 Å². The quantitative estimate of drug-likeness (QED) is 0.524. The number of methoxy groups -OCH3 is 1. The van der Waals surface area contributed by atoms with E-state index in [0.717, 1.165) is 48.6 Å². The van der Waals surface area contributed by atoms with Crippen LogP contribution in [0.2, 0.25) is 0 Å². The molecule has 164 valence electrons. The normalized spacial score (nSPS) is 15.3. The van der Waals surface area contributed by atoms with Crippen molar-refractivity contribution >= 4 is 34.3 Å². The smallest absolute Gasteiger partial charge is 0.229 e. The van der Waals surface area contributed by atoms with Crippen molar-refractivity contribution in [2.24, 2.45) is 0 Å². The van der Waals surface area contributed by atoms with Crippen molar-refractivity contribution in [1.82, 2.24) is 30.2 Å². The zero-order valence-electron chi connectivity index (χ0n) is 18.4. The SMILES string of the molecule is COC(C)c1cc2cnc(Nc3cnc(N4CCNCC4)cn3)nc2c(NC(C)C)n1. The van der Waals surface area contributed by atoms with E-state index in [2.05, 4.69) is 54.6 Å². The van der Waals surface area contributed by atoms with Gasteiger partial charge in [-0.15, -0.1) is 0 Å². The molecule has 1 atom stereocenters. The first-order valence-electron chi connectivity index (χ1n) is 10.5. The van der Waals surface area contributed by atoms with Crippen LogP contribution in [-0.2, 0) is 4.74 Å². The van der Waals surface area contributed by atoms with Gasteiger partial charge in [0, 0.05) is 50.9 Å². The van der Waals surface area contributed by atoms with Gasteiger partial charge >= 0.3 is 0 Å². The van der Waals surface area contributed by atoms with E-state index in [9.17, 15) is 0 Å². The summed E-state index contributed by atoms with van der Waals surface area (Å²) in [5.74, 6) is 2.61. The van der Waals surface area contributed by atoms with E-state index >= 15 is 0 Å². The highest BCUT2D eigenvalue weighted by molar-refractivity contribution is 5.89. The number of nitrogens with zero attached hydrogens (tertiary/aromatic N) is 6. The van der Waals surface area contributed by atoms with Crippen LogP contribution in [0.4, 0.5) is 23.4 Å². The van der Waals surface area contributed by atoms with Crippen molar-refractivity contribution in [1.29, 1.82) is 0 Å². The van der Waals surface area contributed by atoms with Crippen LogP contribution in [0.15, 0.2) is 24.7 Å². The van der Waals surface area contributed by atoms with Crippen LogP contribution in [-0.4, -0.2) is 64.3 Å². The minimum absolute atomic E-state index is 0.126. The number of hydrogen-bond donors (Lipinski definition) is 3. The lowest BCUT2D eigenvalue weighted by Gasteiger charge is -2.28. The van der Waals surface area contributed by atoms with Crippen LogP contribution in [0.5, 0.6) is 0 Å². The van der Waals surface area contributed by atoms with Gasteiger partial charge in [0.05, 0.1) is 24.2 Å². The fourth-order valence-electron chi connectivity index (χ4n) is 3.38. The molecule has 0 amide bonds. The van der Waals surface area contributed by atoms with E-state index in [0.29, 0.717) is 17.6 Å². The van der Waals surface area contributed by atoms with Crippen molar-refractivity contribution < 1.29 is 4.74 Å². The highest BCUT2D eigenvalue weighted by atomic mass is 16.5. The summed E-state index contributed by atoms with van der Waals surface area (Å²) in [4.78, 5) is 25.1. The Morgan fingerprint density at radius 3 is 2.52 bits per heavy atom. The van der Waals surface area contributed by atoms with E-state index in [1.54, 1.807) is 25.7 Å². The average Bonchev–Trinajstić information content (AvgIpc) is 2.79. The monoisotopic (exact) mass is 423 g/mol. The molecule has 10 nitrogen and oxygen atoms in total. The third kappa shape index (κ3) is 4.97. The van der Waals surface area contributed by atoms with E-state index in [4.69, 9.17) is 9.72 Å². The lowest BCUT2D eigenvalue weighted by molar-refractivity contribution is 0.116. The molecule has 3 N–H and O–H groups in total. The van der Waals surface area contributed by atoms with Gasteiger partial charge in [-0.3, -0.25) is 0 Å². The fourth-order valence-corrected chi connectivity index (χ4v) is 3.38. The van der Waals surface area contributed by atoms with Gasteiger partial charge in [0.2, 0.25) is 5.95 Å². The number of fused-ring (bicyclic) bond motifs is 1. The average molecular weight is 424 g/mol. The maximum absolute atomic E-state index is 5.44. The lowest BCUT2D eigenvalue weighted by Crippen LogP contribution is -2.43. The molecule has 0 saturated carbocycles. The highest BCUT2D eigenvalue weighted by Crippen LogP contribution is 2.26. The van der Waals surface area contributed by atoms with Crippen LogP contribution in [0.3, 0.4) is 0 Å². The van der Waals surface area contributed by atoms with Gasteiger partial charge in [-0.1, -0.05) is 0 Å². The van der Waals surface area contributed by atoms with E-state index in [1.807, 2.05) is 13.0 Å². The molecule has 1 aliphatic rings. The molecule has 1 saturated heterocycles. The molecule has 31 heavy (non-hydrogen) atoms. The molecular weight excluding hydrogens is 394 g/mol. The molecular formula is C21H29N9O. The number of hydrogen-bond acceptors (Lipinski definition) is 10. The minimum atomic E-state index is -0.126. The van der Waals surface area contributed by atoms with Gasteiger partial charge in [0.15, 0.2) is 11.6 Å². The summed E-state index contributed by atoms with van der Waals surface area (Å²) in [6.07, 6.45) is 5.14. The number of rotatable bonds is 7. The van der Waals surface area contributed by atoms with E-state index < -0.39 is 0 Å². The topological polar surface area (TPSA) is 113 Å². The standard InChI is InChI=1S/C21H29N9O/c1-13(2)26-20-19-15(9-16(27-20)14(3)31-4)10-25-21(29-19)28-17-11-24-18(12-23-17)30-7-5-22-6-8-30/h9-14,22H,5-8H2,1-4H3,(H,26,27)(H,23,25,28,29). The zero-order valence-corrected chi connectivity index (χ0v) is 18.4. The first kappa shape index (κ1) is 21.1. The molecule has 0 spiro atoms. The molecule has 4 rings (SSSR count). The molecule has 3 aromatic heterocycles. The van der Waals surface area contributed by atoms with Crippen LogP contribution in [0.25, 0.3) is 10.9 Å². The van der Waals surface area contributed by atoms with Gasteiger partial charge in [-0.2, -0.15) is 0 Å². The highest BCUT2D eigenvalue weighted by Gasteiger charge is 2.15. The van der Waals surface area contributed by atoms with Crippen LogP contribution < -0.4 is 20.9 Å². The Hall–Kier alpha value is -3.11. The Morgan fingerprint density at radius 1 is 1.03 bits per heavy atom. The molecule has 4 heterocycles. The van der Waals surface area contributed by atoms with E-state index in [-0.39, 0.29) is 12.1 Å². The van der Waals surface area contributed by atoms with Crippen molar-refractivity contribution in [3.8, 4) is 0 Å². The summed E-state index contributed by atoms with van der Waals surface area (Å²) in [6, 6.07) is 2.17. The summed E-state index contributed by atoms with van der Waals surface area (Å²) < 4.78 is 5.44. The van der Waals surface area contributed by atoms with Crippen LogP contribution >= 0.6 is 0 Å². The predicted molar refractivity (Wildman–Crippen MR) is 122 cm³/mol. The molecule has 0 aromatic carbocycles. The van der Waals surface area contributed by atoms with E-state index in [1.165, 1.54) is 0 Å². The van der Waals surface area contributed by atoms with Gasteiger partial charge in [-0.25, -0.2) is 24.9 Å². The summed E-state index contributed by atoms with van der Waals surface area (Å²) in [7, 11) is 1.67. The molecule has 1 fully saturated rings. The van der Waals surface area contributed by atoms with Crippen molar-refractivity contribution in [2.75, 3.05) is 48.8 Å². The first-order valence-corrected chi connectivity index (χ1v) is 10.5. The second kappa shape index (κ2) is 9.36. The van der Waals surface area contributed by atoms with Crippen LogP contribution in [0, 0.1) is 0 Å². The molecule has 0 bridgehead atoms. The summed E-state index contributed by atoms with van der Waals surface area (Å²) in [5, 5.41) is 10.8. The molecule has 0 radical (unpaired) electrons. The number of pyridine rings is 1. The summed E-state index contributed by atoms with van der Waals surface area (Å²) >= 11 is 0. The summed E-state index contributed by atoms with van der Waals surface area (Å²) in [5.41, 5.74) is 1.57. The Labute approximate surface area is 181 Å². The third-order valence-corrected chi connectivity index (χ3v) is 5.10.